The molecule has 114 valence electrons. The van der Waals surface area contributed by atoms with Crippen LogP contribution in [0, 0.1) is 11.8 Å². The zero-order valence-corrected chi connectivity index (χ0v) is 12.4. The highest BCUT2D eigenvalue weighted by Gasteiger charge is 2.05. The molecule has 0 radical (unpaired) electrons. The molecule has 0 saturated carbocycles. The number of rotatable bonds is 8. The van der Waals surface area contributed by atoms with Gasteiger partial charge in [0, 0.05) is 44.6 Å². The molecule has 1 rings (SSSR count). The van der Waals surface area contributed by atoms with Crippen molar-refractivity contribution >= 4 is 5.91 Å². The standard InChI is InChI=1S/C16H22N2O3/c1-21-10-6-2-4-8-18-16(20)15-11-14(12-17-13-15)7-3-5-9-19/h11-13,19H,2,4-6,8-10H2,1H3,(H,18,20). The fourth-order valence-electron chi connectivity index (χ4n) is 1.71. The Labute approximate surface area is 125 Å². The quantitative estimate of drug-likeness (QED) is 0.560. The van der Waals surface area contributed by atoms with Crippen molar-refractivity contribution in [3.63, 3.8) is 0 Å². The van der Waals surface area contributed by atoms with Gasteiger partial charge in [0.15, 0.2) is 0 Å². The van der Waals surface area contributed by atoms with E-state index in [0.717, 1.165) is 25.9 Å². The SMILES string of the molecule is COCCCCCNC(=O)c1cncc(C#CCCO)c1. The predicted molar refractivity (Wildman–Crippen MR) is 80.9 cm³/mol. The van der Waals surface area contributed by atoms with Gasteiger partial charge in [0.2, 0.25) is 0 Å². The molecule has 1 amide bonds. The number of ether oxygens (including phenoxy) is 1. The van der Waals surface area contributed by atoms with Gasteiger partial charge in [-0.05, 0) is 25.3 Å². The predicted octanol–water partition coefficient (Wildman–Crippen LogP) is 1.36. The maximum atomic E-state index is 12.0. The minimum absolute atomic E-state index is 0.0314. The van der Waals surface area contributed by atoms with Crippen LogP contribution in [0.2, 0.25) is 0 Å². The molecule has 0 aromatic carbocycles. The number of hydrogen-bond acceptors (Lipinski definition) is 4. The molecule has 5 nitrogen and oxygen atoms in total. The lowest BCUT2D eigenvalue weighted by Crippen LogP contribution is -2.24. The lowest BCUT2D eigenvalue weighted by atomic mass is 10.2. The summed E-state index contributed by atoms with van der Waals surface area (Å²) >= 11 is 0. The van der Waals surface area contributed by atoms with E-state index in [1.807, 2.05) is 0 Å². The number of nitrogens with zero attached hydrogens (tertiary/aromatic N) is 1. The van der Waals surface area contributed by atoms with E-state index in [1.165, 1.54) is 6.20 Å². The van der Waals surface area contributed by atoms with E-state index < -0.39 is 0 Å². The first kappa shape index (κ1) is 17.2. The summed E-state index contributed by atoms with van der Waals surface area (Å²) in [6.45, 7) is 1.43. The summed E-state index contributed by atoms with van der Waals surface area (Å²) in [5.74, 6) is 5.53. The number of hydrogen-bond donors (Lipinski definition) is 2. The molecule has 5 heteroatoms. The number of carbonyl (C=O) groups is 1. The largest absolute Gasteiger partial charge is 0.395 e. The molecule has 1 heterocycles. The minimum atomic E-state index is -0.139. The summed E-state index contributed by atoms with van der Waals surface area (Å²) in [6.07, 6.45) is 6.50. The highest BCUT2D eigenvalue weighted by molar-refractivity contribution is 5.94. The van der Waals surface area contributed by atoms with Crippen molar-refractivity contribution in [2.75, 3.05) is 26.9 Å². The summed E-state index contributed by atoms with van der Waals surface area (Å²) < 4.78 is 4.97. The number of carbonyl (C=O) groups excluding carboxylic acids is 1. The van der Waals surface area contributed by atoms with Crippen LogP contribution in [0.25, 0.3) is 0 Å². The number of aliphatic hydroxyl groups excluding tert-OH is 1. The van der Waals surface area contributed by atoms with Crippen molar-refractivity contribution in [2.24, 2.45) is 0 Å². The first-order chi connectivity index (χ1) is 10.3. The third-order valence-corrected chi connectivity index (χ3v) is 2.78. The highest BCUT2D eigenvalue weighted by Crippen LogP contribution is 2.02. The second-order valence-corrected chi connectivity index (χ2v) is 4.55. The Bertz CT molecular complexity index is 492. The van der Waals surface area contributed by atoms with Gasteiger partial charge in [-0.15, -0.1) is 0 Å². The normalized spacial score (nSPS) is 9.81. The maximum absolute atomic E-state index is 12.0. The Balaban J connectivity index is 2.40. The van der Waals surface area contributed by atoms with Gasteiger partial charge in [-0.1, -0.05) is 11.8 Å². The summed E-state index contributed by atoms with van der Waals surface area (Å²) in [5.41, 5.74) is 1.18. The van der Waals surface area contributed by atoms with E-state index >= 15 is 0 Å². The van der Waals surface area contributed by atoms with Gasteiger partial charge in [0.05, 0.1) is 12.2 Å². The van der Waals surface area contributed by atoms with Crippen LogP contribution in [0.1, 0.15) is 41.6 Å². The number of nitrogens with one attached hydrogen (secondary N) is 1. The molecule has 0 atom stereocenters. The minimum Gasteiger partial charge on any atom is -0.395 e. The number of aliphatic hydroxyl groups is 1. The summed E-state index contributed by atoms with van der Waals surface area (Å²) in [7, 11) is 1.69. The van der Waals surface area contributed by atoms with E-state index in [2.05, 4.69) is 22.1 Å². The molecule has 1 aromatic heterocycles. The third-order valence-electron chi connectivity index (χ3n) is 2.78. The highest BCUT2D eigenvalue weighted by atomic mass is 16.5. The molecular weight excluding hydrogens is 268 g/mol. The third kappa shape index (κ3) is 7.45. The zero-order valence-electron chi connectivity index (χ0n) is 12.4. The molecule has 21 heavy (non-hydrogen) atoms. The zero-order chi connectivity index (χ0) is 15.3. The number of aromatic nitrogens is 1. The average molecular weight is 290 g/mol. The van der Waals surface area contributed by atoms with Gasteiger partial charge in [-0.25, -0.2) is 0 Å². The van der Waals surface area contributed by atoms with Crippen LogP contribution in [-0.4, -0.2) is 42.9 Å². The number of pyridine rings is 1. The molecule has 0 spiro atoms. The molecule has 0 saturated heterocycles. The Hall–Kier alpha value is -1.90. The van der Waals surface area contributed by atoms with Gasteiger partial charge in [0.25, 0.3) is 5.91 Å². The Morgan fingerprint density at radius 2 is 2.24 bits per heavy atom. The maximum Gasteiger partial charge on any atom is 0.252 e. The number of methoxy groups -OCH3 is 1. The number of amides is 1. The monoisotopic (exact) mass is 290 g/mol. The molecule has 2 N–H and O–H groups in total. The van der Waals surface area contributed by atoms with E-state index in [-0.39, 0.29) is 12.5 Å². The van der Waals surface area contributed by atoms with Crippen molar-refractivity contribution in [2.45, 2.75) is 25.7 Å². The van der Waals surface area contributed by atoms with Gasteiger partial charge < -0.3 is 15.2 Å². The van der Waals surface area contributed by atoms with Gasteiger partial charge >= 0.3 is 0 Å². The van der Waals surface area contributed by atoms with E-state index in [0.29, 0.717) is 24.1 Å². The molecule has 0 fully saturated rings. The Morgan fingerprint density at radius 1 is 1.38 bits per heavy atom. The Morgan fingerprint density at radius 3 is 3.00 bits per heavy atom. The van der Waals surface area contributed by atoms with Crippen LogP contribution in [-0.2, 0) is 4.74 Å². The molecule has 0 unspecified atom stereocenters. The second kappa shape index (κ2) is 10.8. The van der Waals surface area contributed by atoms with Crippen LogP contribution in [0.4, 0.5) is 0 Å². The van der Waals surface area contributed by atoms with Crippen molar-refractivity contribution in [1.82, 2.24) is 10.3 Å². The molecule has 1 aromatic rings. The first-order valence-electron chi connectivity index (χ1n) is 7.10. The molecule has 0 bridgehead atoms. The fourth-order valence-corrected chi connectivity index (χ4v) is 1.71. The number of unbranched alkanes of at least 4 members (excludes halogenated alkanes) is 2. The first-order valence-corrected chi connectivity index (χ1v) is 7.10. The van der Waals surface area contributed by atoms with E-state index in [4.69, 9.17) is 9.84 Å². The van der Waals surface area contributed by atoms with Crippen LogP contribution in [0.15, 0.2) is 18.5 Å². The van der Waals surface area contributed by atoms with Crippen LogP contribution in [0.5, 0.6) is 0 Å². The Kier molecular flexibility index (Phi) is 8.85. The summed E-state index contributed by atoms with van der Waals surface area (Å²) in [5, 5.41) is 11.5. The summed E-state index contributed by atoms with van der Waals surface area (Å²) in [6, 6.07) is 1.71. The fraction of sp³-hybridized carbons (Fsp3) is 0.500. The molecule has 0 aliphatic rings. The molecule has 0 aliphatic heterocycles. The average Bonchev–Trinajstić information content (AvgIpc) is 2.51. The van der Waals surface area contributed by atoms with Crippen LogP contribution >= 0.6 is 0 Å². The van der Waals surface area contributed by atoms with Crippen molar-refractivity contribution in [1.29, 1.82) is 0 Å². The molecule has 0 aliphatic carbocycles. The van der Waals surface area contributed by atoms with Gasteiger partial charge in [0.1, 0.15) is 0 Å². The van der Waals surface area contributed by atoms with E-state index in [9.17, 15) is 4.79 Å². The lowest BCUT2D eigenvalue weighted by molar-refractivity contribution is 0.0952. The van der Waals surface area contributed by atoms with Crippen molar-refractivity contribution in [3.8, 4) is 11.8 Å². The topological polar surface area (TPSA) is 71.5 Å². The lowest BCUT2D eigenvalue weighted by Gasteiger charge is -2.05. The second-order valence-electron chi connectivity index (χ2n) is 4.55. The van der Waals surface area contributed by atoms with E-state index in [1.54, 1.807) is 19.4 Å². The van der Waals surface area contributed by atoms with Crippen molar-refractivity contribution < 1.29 is 14.6 Å². The van der Waals surface area contributed by atoms with Gasteiger partial charge in [-0.3, -0.25) is 9.78 Å². The molecular formula is C16H22N2O3. The summed E-state index contributed by atoms with van der Waals surface area (Å²) in [4.78, 5) is 16.0. The van der Waals surface area contributed by atoms with Crippen molar-refractivity contribution in [3.05, 3.63) is 29.6 Å². The van der Waals surface area contributed by atoms with Gasteiger partial charge in [-0.2, -0.15) is 0 Å². The van der Waals surface area contributed by atoms with Crippen LogP contribution in [0.3, 0.4) is 0 Å². The van der Waals surface area contributed by atoms with Crippen LogP contribution < -0.4 is 5.32 Å². The smallest absolute Gasteiger partial charge is 0.252 e.